The number of hydrogen-bond acceptors (Lipinski definition) is 5. The van der Waals surface area contributed by atoms with Gasteiger partial charge >= 0.3 is 12.1 Å². The molecule has 0 heterocycles. The van der Waals surface area contributed by atoms with Crippen molar-refractivity contribution in [2.24, 2.45) is 5.92 Å². The van der Waals surface area contributed by atoms with E-state index in [1.54, 1.807) is 41.5 Å². The Labute approximate surface area is 139 Å². The molecule has 0 saturated heterocycles. The van der Waals surface area contributed by atoms with Gasteiger partial charge < -0.3 is 14.8 Å². The first kappa shape index (κ1) is 21.4. The van der Waals surface area contributed by atoms with Crippen LogP contribution < -0.4 is 5.32 Å². The molecule has 0 aliphatic carbocycles. The van der Waals surface area contributed by atoms with E-state index in [2.05, 4.69) is 5.32 Å². The van der Waals surface area contributed by atoms with Crippen LogP contribution in [0.5, 0.6) is 0 Å². The summed E-state index contributed by atoms with van der Waals surface area (Å²) in [6.45, 7) is 12.6. The molecular weight excluding hydrogens is 298 g/mol. The second-order valence-corrected chi connectivity index (χ2v) is 7.52. The van der Waals surface area contributed by atoms with E-state index < -0.39 is 29.2 Å². The molecule has 134 valence electrons. The van der Waals surface area contributed by atoms with Gasteiger partial charge in [-0.2, -0.15) is 0 Å². The van der Waals surface area contributed by atoms with Gasteiger partial charge in [-0.05, 0) is 54.4 Å². The lowest BCUT2D eigenvalue weighted by atomic mass is 9.96. The van der Waals surface area contributed by atoms with Crippen LogP contribution in [0.4, 0.5) is 4.79 Å². The standard InChI is InChI=1S/C17H31NO5/c1-8-9-13(19)12(14(20)22-16(2,3)4)10-11-18-15(21)23-17(5,6)7/h12H,8-11H2,1-7H3,(H,18,21). The Hall–Kier alpha value is -1.59. The van der Waals surface area contributed by atoms with Crippen molar-refractivity contribution in [2.75, 3.05) is 6.54 Å². The number of carbonyl (C=O) groups excluding carboxylic acids is 3. The molecule has 0 aliphatic heterocycles. The van der Waals surface area contributed by atoms with Crippen molar-refractivity contribution in [2.45, 2.75) is 78.9 Å². The first-order valence-electron chi connectivity index (χ1n) is 8.08. The third-order valence-electron chi connectivity index (χ3n) is 2.68. The maximum atomic E-state index is 12.2. The minimum atomic E-state index is -0.857. The molecule has 1 amide bonds. The van der Waals surface area contributed by atoms with Crippen LogP contribution in [0, 0.1) is 5.92 Å². The maximum Gasteiger partial charge on any atom is 0.407 e. The summed E-state index contributed by atoms with van der Waals surface area (Å²) in [5.74, 6) is -1.56. The normalized spacial score (nSPS) is 13.2. The molecule has 1 unspecified atom stereocenters. The van der Waals surface area contributed by atoms with Crippen LogP contribution in [0.15, 0.2) is 0 Å². The van der Waals surface area contributed by atoms with Crippen molar-refractivity contribution in [3.8, 4) is 0 Å². The van der Waals surface area contributed by atoms with E-state index >= 15 is 0 Å². The molecule has 0 bridgehead atoms. The fourth-order valence-corrected chi connectivity index (χ4v) is 1.84. The average Bonchev–Trinajstić information content (AvgIpc) is 2.30. The smallest absolute Gasteiger partial charge is 0.407 e. The number of alkyl carbamates (subject to hydrolysis) is 1. The van der Waals surface area contributed by atoms with Crippen LogP contribution in [0.25, 0.3) is 0 Å². The summed E-state index contributed by atoms with van der Waals surface area (Å²) < 4.78 is 10.4. The molecule has 0 rings (SSSR count). The van der Waals surface area contributed by atoms with Crippen molar-refractivity contribution in [1.82, 2.24) is 5.32 Å². The Morgan fingerprint density at radius 3 is 1.91 bits per heavy atom. The number of ether oxygens (including phenoxy) is 2. The minimum Gasteiger partial charge on any atom is -0.459 e. The van der Waals surface area contributed by atoms with Crippen molar-refractivity contribution in [3.63, 3.8) is 0 Å². The topological polar surface area (TPSA) is 81.7 Å². The number of rotatable bonds is 7. The summed E-state index contributed by atoms with van der Waals surface area (Å²) in [5.41, 5.74) is -1.24. The van der Waals surface area contributed by atoms with Crippen LogP contribution in [-0.2, 0) is 19.1 Å². The van der Waals surface area contributed by atoms with Gasteiger partial charge in [0.05, 0.1) is 0 Å². The largest absolute Gasteiger partial charge is 0.459 e. The quantitative estimate of drug-likeness (QED) is 0.573. The molecule has 0 aromatic rings. The van der Waals surface area contributed by atoms with Crippen LogP contribution in [0.1, 0.15) is 67.7 Å². The van der Waals surface area contributed by atoms with Gasteiger partial charge in [-0.15, -0.1) is 0 Å². The summed E-state index contributed by atoms with van der Waals surface area (Å²) in [6.07, 6.45) is 0.615. The highest BCUT2D eigenvalue weighted by Crippen LogP contribution is 2.16. The van der Waals surface area contributed by atoms with Crippen LogP contribution in [-0.4, -0.2) is 35.6 Å². The fraction of sp³-hybridized carbons (Fsp3) is 0.824. The molecule has 23 heavy (non-hydrogen) atoms. The number of ketones is 1. The zero-order chi connectivity index (χ0) is 18.3. The maximum absolute atomic E-state index is 12.2. The molecule has 0 radical (unpaired) electrons. The Morgan fingerprint density at radius 1 is 0.957 bits per heavy atom. The highest BCUT2D eigenvalue weighted by Gasteiger charge is 2.30. The number of esters is 1. The number of carbonyl (C=O) groups is 3. The molecule has 0 aliphatic rings. The van der Waals surface area contributed by atoms with Crippen molar-refractivity contribution in [1.29, 1.82) is 0 Å². The predicted molar refractivity (Wildman–Crippen MR) is 88.1 cm³/mol. The average molecular weight is 329 g/mol. The van der Waals surface area contributed by atoms with E-state index in [0.717, 1.165) is 0 Å². The van der Waals surface area contributed by atoms with Gasteiger partial charge in [-0.25, -0.2) is 4.79 Å². The second-order valence-electron chi connectivity index (χ2n) is 7.52. The monoisotopic (exact) mass is 329 g/mol. The zero-order valence-electron chi connectivity index (χ0n) is 15.4. The minimum absolute atomic E-state index is 0.160. The van der Waals surface area contributed by atoms with E-state index in [4.69, 9.17) is 9.47 Å². The summed E-state index contributed by atoms with van der Waals surface area (Å²) in [5, 5.41) is 2.56. The molecular formula is C17H31NO5. The SMILES string of the molecule is CCCC(=O)C(CCNC(=O)OC(C)(C)C)C(=O)OC(C)(C)C. The lowest BCUT2D eigenvalue weighted by Gasteiger charge is -2.24. The van der Waals surface area contributed by atoms with Gasteiger partial charge in [0.25, 0.3) is 0 Å². The van der Waals surface area contributed by atoms with E-state index in [1.165, 1.54) is 0 Å². The van der Waals surface area contributed by atoms with Crippen LogP contribution in [0.2, 0.25) is 0 Å². The van der Waals surface area contributed by atoms with Gasteiger partial charge in [-0.3, -0.25) is 9.59 Å². The Balaban J connectivity index is 4.63. The van der Waals surface area contributed by atoms with Crippen LogP contribution >= 0.6 is 0 Å². The number of hydrogen-bond donors (Lipinski definition) is 1. The van der Waals surface area contributed by atoms with E-state index in [-0.39, 0.29) is 18.7 Å². The van der Waals surface area contributed by atoms with E-state index in [9.17, 15) is 14.4 Å². The molecule has 6 nitrogen and oxygen atoms in total. The van der Waals surface area contributed by atoms with Gasteiger partial charge in [0.2, 0.25) is 0 Å². The fourth-order valence-electron chi connectivity index (χ4n) is 1.84. The van der Waals surface area contributed by atoms with Crippen molar-refractivity contribution in [3.05, 3.63) is 0 Å². The van der Waals surface area contributed by atoms with Gasteiger partial charge in [0.1, 0.15) is 22.9 Å². The van der Waals surface area contributed by atoms with Gasteiger partial charge in [-0.1, -0.05) is 6.92 Å². The summed E-state index contributed by atoms with van der Waals surface area (Å²) in [4.78, 5) is 35.9. The molecule has 6 heteroatoms. The Bertz CT molecular complexity index is 418. The highest BCUT2D eigenvalue weighted by atomic mass is 16.6. The van der Waals surface area contributed by atoms with Crippen LogP contribution in [0.3, 0.4) is 0 Å². The Morgan fingerprint density at radius 2 is 1.48 bits per heavy atom. The first-order chi connectivity index (χ1) is 10.4. The zero-order valence-corrected chi connectivity index (χ0v) is 15.4. The molecule has 0 aromatic heterocycles. The summed E-state index contributed by atoms with van der Waals surface area (Å²) in [7, 11) is 0. The molecule has 0 spiro atoms. The lowest BCUT2D eigenvalue weighted by Crippen LogP contribution is -2.37. The number of nitrogens with one attached hydrogen (secondary N) is 1. The van der Waals surface area contributed by atoms with E-state index in [1.807, 2.05) is 6.92 Å². The molecule has 0 aromatic carbocycles. The summed E-state index contributed by atoms with van der Waals surface area (Å²) >= 11 is 0. The summed E-state index contributed by atoms with van der Waals surface area (Å²) in [6, 6.07) is 0. The number of Topliss-reactive ketones (excluding diaryl/α,β-unsaturated/α-hetero) is 1. The molecule has 1 atom stereocenters. The first-order valence-corrected chi connectivity index (χ1v) is 8.08. The Kier molecular flexibility index (Phi) is 8.28. The lowest BCUT2D eigenvalue weighted by molar-refractivity contribution is -0.162. The third kappa shape index (κ3) is 10.7. The van der Waals surface area contributed by atoms with E-state index in [0.29, 0.717) is 12.8 Å². The molecule has 0 fully saturated rings. The number of amides is 1. The third-order valence-corrected chi connectivity index (χ3v) is 2.68. The van der Waals surface area contributed by atoms with Gasteiger partial charge in [0, 0.05) is 13.0 Å². The predicted octanol–water partition coefficient (Wildman–Crippen LogP) is 3.23. The molecule has 1 N–H and O–H groups in total. The van der Waals surface area contributed by atoms with Gasteiger partial charge in [0.15, 0.2) is 0 Å². The highest BCUT2D eigenvalue weighted by molar-refractivity contribution is 5.99. The second kappa shape index (κ2) is 8.89. The molecule has 0 saturated carbocycles. The van der Waals surface area contributed by atoms with Crippen molar-refractivity contribution >= 4 is 17.8 Å². The van der Waals surface area contributed by atoms with Crippen molar-refractivity contribution < 1.29 is 23.9 Å².